The normalized spacial score (nSPS) is 24.0. The summed E-state index contributed by atoms with van der Waals surface area (Å²) in [6.45, 7) is 0. The van der Waals surface area contributed by atoms with Gasteiger partial charge in [-0.2, -0.15) is 0 Å². The molecule has 0 aromatic carbocycles. The van der Waals surface area contributed by atoms with Crippen molar-refractivity contribution in [3.8, 4) is 0 Å². The lowest BCUT2D eigenvalue weighted by molar-refractivity contribution is 0.761. The van der Waals surface area contributed by atoms with E-state index in [-0.39, 0.29) is 0 Å². The van der Waals surface area contributed by atoms with E-state index >= 15 is 0 Å². The van der Waals surface area contributed by atoms with Crippen LogP contribution in [-0.2, 0) is 0 Å². The van der Waals surface area contributed by atoms with E-state index in [0.29, 0.717) is 0 Å². The van der Waals surface area contributed by atoms with Crippen LogP contribution in [0.5, 0.6) is 0 Å². The Morgan fingerprint density at radius 1 is 1.17 bits per heavy atom. The van der Waals surface area contributed by atoms with E-state index in [1.165, 1.54) is 6.42 Å². The molecule has 0 amide bonds. The van der Waals surface area contributed by atoms with E-state index in [2.05, 4.69) is 12.8 Å². The molecule has 0 aromatic rings. The molecule has 0 heteroatoms. The molecule has 0 N–H and O–H groups in total. The zero-order chi connectivity index (χ0) is 4.24. The third kappa shape index (κ3) is 1.00. The second kappa shape index (κ2) is 2.22. The molecule has 1 aliphatic carbocycles. The average Bonchev–Trinajstić information content (AvgIpc) is 1.72. The predicted molar refractivity (Wildman–Crippen MR) is 24.6 cm³/mol. The molecule has 0 bridgehead atoms. The Kier molecular flexibility index (Phi) is 1.54. The highest BCUT2D eigenvalue weighted by atomic mass is 14.0. The van der Waals surface area contributed by atoms with E-state index in [4.69, 9.17) is 0 Å². The molecule has 5 radical (unpaired) electrons. The average molecular weight is 79.1 g/mol. The van der Waals surface area contributed by atoms with E-state index in [0.717, 1.165) is 12.8 Å². The number of hydrogen-bond donors (Lipinski definition) is 0. The van der Waals surface area contributed by atoms with Crippen molar-refractivity contribution in [2.24, 2.45) is 0 Å². The zero-order valence-corrected chi connectivity index (χ0v) is 3.70. The SMILES string of the molecule is [C]1[CH][C]CCC1. The molecule has 0 nitrogen and oxygen atoms in total. The van der Waals surface area contributed by atoms with Crippen molar-refractivity contribution in [1.82, 2.24) is 0 Å². The first-order valence-electron chi connectivity index (χ1n) is 2.28. The van der Waals surface area contributed by atoms with Gasteiger partial charge in [-0.05, 0) is 32.1 Å². The van der Waals surface area contributed by atoms with E-state index in [9.17, 15) is 0 Å². The first kappa shape index (κ1) is 4.17. The Hall–Kier alpha value is 0. The minimum atomic E-state index is 1.13. The van der Waals surface area contributed by atoms with Crippen LogP contribution >= 0.6 is 0 Å². The molecular weight excluding hydrogens is 72.1 g/mol. The van der Waals surface area contributed by atoms with Gasteiger partial charge in [0.2, 0.25) is 0 Å². The van der Waals surface area contributed by atoms with Gasteiger partial charge in [0, 0.05) is 0 Å². The lowest BCUT2D eigenvalue weighted by Gasteiger charge is -2.03. The molecule has 1 fully saturated rings. The van der Waals surface area contributed by atoms with Crippen LogP contribution in [0, 0.1) is 19.3 Å². The molecule has 0 heterocycles. The smallest absolute Gasteiger partial charge is 0.0130 e. The molecular formula is C6H7. The lowest BCUT2D eigenvalue weighted by atomic mass is 10.0. The molecule has 0 saturated heterocycles. The Morgan fingerprint density at radius 3 is 2.00 bits per heavy atom. The van der Waals surface area contributed by atoms with Gasteiger partial charge in [-0.1, -0.05) is 6.42 Å². The maximum atomic E-state index is 3.05. The summed E-state index contributed by atoms with van der Waals surface area (Å²) in [5.41, 5.74) is 0. The summed E-state index contributed by atoms with van der Waals surface area (Å²) >= 11 is 0. The van der Waals surface area contributed by atoms with Gasteiger partial charge in [0.25, 0.3) is 0 Å². The Bertz CT molecular complexity index is 15.5. The van der Waals surface area contributed by atoms with Crippen LogP contribution in [0.4, 0.5) is 0 Å². The van der Waals surface area contributed by atoms with Crippen LogP contribution < -0.4 is 0 Å². The van der Waals surface area contributed by atoms with E-state index in [1.807, 2.05) is 6.42 Å². The highest BCUT2D eigenvalue weighted by Gasteiger charge is 1.97. The van der Waals surface area contributed by atoms with Gasteiger partial charge in [0.15, 0.2) is 0 Å². The van der Waals surface area contributed by atoms with Crippen LogP contribution in [0.25, 0.3) is 0 Å². The first-order chi connectivity index (χ1) is 3.00. The van der Waals surface area contributed by atoms with Gasteiger partial charge in [-0.15, -0.1) is 0 Å². The molecule has 1 rings (SSSR count). The molecule has 1 saturated carbocycles. The van der Waals surface area contributed by atoms with Gasteiger partial charge in [0.1, 0.15) is 0 Å². The summed E-state index contributed by atoms with van der Waals surface area (Å²) in [6.07, 6.45) is 11.5. The van der Waals surface area contributed by atoms with Gasteiger partial charge in [-0.25, -0.2) is 0 Å². The first-order valence-corrected chi connectivity index (χ1v) is 2.28. The maximum Gasteiger partial charge on any atom is -0.0130 e. The van der Waals surface area contributed by atoms with Crippen molar-refractivity contribution in [3.63, 3.8) is 0 Å². The molecule has 0 unspecified atom stereocenters. The molecule has 31 valence electrons. The van der Waals surface area contributed by atoms with E-state index in [1.54, 1.807) is 0 Å². The Morgan fingerprint density at radius 2 is 1.83 bits per heavy atom. The van der Waals surface area contributed by atoms with Crippen molar-refractivity contribution in [1.29, 1.82) is 0 Å². The second-order valence-electron chi connectivity index (χ2n) is 1.41. The highest BCUT2D eigenvalue weighted by Crippen LogP contribution is 2.12. The predicted octanol–water partition coefficient (Wildman–Crippen LogP) is 1.54. The molecule has 0 spiro atoms. The topological polar surface area (TPSA) is 0 Å². The van der Waals surface area contributed by atoms with Gasteiger partial charge in [-0.3, -0.25) is 0 Å². The third-order valence-electron chi connectivity index (χ3n) is 0.846. The quantitative estimate of drug-likeness (QED) is 0.413. The number of hydrogen-bond acceptors (Lipinski definition) is 0. The zero-order valence-electron chi connectivity index (χ0n) is 3.70. The van der Waals surface area contributed by atoms with Crippen molar-refractivity contribution >= 4 is 0 Å². The van der Waals surface area contributed by atoms with Crippen molar-refractivity contribution < 1.29 is 0 Å². The Labute approximate surface area is 39.6 Å². The molecule has 0 aromatic heterocycles. The van der Waals surface area contributed by atoms with Crippen molar-refractivity contribution in [3.05, 3.63) is 19.3 Å². The molecule has 1 aliphatic rings. The fraction of sp³-hybridized carbons (Fsp3) is 0.500. The van der Waals surface area contributed by atoms with Gasteiger partial charge in [0.05, 0.1) is 0 Å². The molecule has 0 aliphatic heterocycles. The van der Waals surface area contributed by atoms with Crippen molar-refractivity contribution in [2.75, 3.05) is 0 Å². The van der Waals surface area contributed by atoms with Crippen LogP contribution in [0.1, 0.15) is 19.3 Å². The maximum absolute atomic E-state index is 3.05. The van der Waals surface area contributed by atoms with Crippen molar-refractivity contribution in [2.45, 2.75) is 19.3 Å². The fourth-order valence-electron chi connectivity index (χ4n) is 0.509. The summed E-state index contributed by atoms with van der Waals surface area (Å²) < 4.78 is 0. The van der Waals surface area contributed by atoms with Crippen LogP contribution in [0.3, 0.4) is 0 Å². The number of rotatable bonds is 0. The Balaban J connectivity index is 2.00. The second-order valence-corrected chi connectivity index (χ2v) is 1.41. The summed E-state index contributed by atoms with van der Waals surface area (Å²) in [6, 6.07) is 0. The summed E-state index contributed by atoms with van der Waals surface area (Å²) in [4.78, 5) is 0. The van der Waals surface area contributed by atoms with Crippen LogP contribution in [-0.4, -0.2) is 0 Å². The summed E-state index contributed by atoms with van der Waals surface area (Å²) in [5.74, 6) is 0. The standard InChI is InChI=1S/C6H7/c1-2-4-6-5-3-1/h1H,4-6H2. The van der Waals surface area contributed by atoms with Gasteiger partial charge >= 0.3 is 0 Å². The molecule has 0 atom stereocenters. The molecule has 6 heavy (non-hydrogen) atoms. The highest BCUT2D eigenvalue weighted by molar-refractivity contribution is 4.99. The van der Waals surface area contributed by atoms with E-state index < -0.39 is 0 Å². The van der Waals surface area contributed by atoms with Crippen LogP contribution in [0.15, 0.2) is 0 Å². The lowest BCUT2D eigenvalue weighted by Crippen LogP contribution is -1.89. The third-order valence-corrected chi connectivity index (χ3v) is 0.846. The largest absolute Gasteiger partial charge is 0.0521 e. The summed E-state index contributed by atoms with van der Waals surface area (Å²) in [7, 11) is 0. The minimum Gasteiger partial charge on any atom is -0.0521 e. The summed E-state index contributed by atoms with van der Waals surface area (Å²) in [5, 5.41) is 0. The minimum absolute atomic E-state index is 1.13. The fourth-order valence-corrected chi connectivity index (χ4v) is 0.509. The van der Waals surface area contributed by atoms with Gasteiger partial charge < -0.3 is 0 Å². The van der Waals surface area contributed by atoms with Crippen LogP contribution in [0.2, 0.25) is 0 Å². The monoisotopic (exact) mass is 79.1 g/mol.